The Balaban J connectivity index is 0.000000646. The van der Waals surface area contributed by atoms with Gasteiger partial charge >= 0.3 is 30.1 Å². The molecule has 0 fully saturated rings. The van der Waals surface area contributed by atoms with Gasteiger partial charge in [-0.3, -0.25) is 4.79 Å². The van der Waals surface area contributed by atoms with Crippen LogP contribution in [0.25, 0.3) is 0 Å². The second kappa shape index (κ2) is 14.9. The molecule has 0 bridgehead atoms. The molecule has 11 nitrogen and oxygen atoms in total. The average molecular weight is 599 g/mol. The normalized spacial score (nSPS) is 11.3. The van der Waals surface area contributed by atoms with E-state index in [1.54, 1.807) is 36.5 Å². The van der Waals surface area contributed by atoms with Crippen molar-refractivity contribution < 1.29 is 47.2 Å². The van der Waals surface area contributed by atoms with Crippen LogP contribution in [0.1, 0.15) is 39.5 Å². The summed E-state index contributed by atoms with van der Waals surface area (Å²) in [5.41, 5.74) is 2.60. The first-order chi connectivity index (χ1) is 20.5. The molecule has 224 valence electrons. The number of anilines is 1. The SMILES string of the molecule is COC(=O)c1ccc(C(CC(=O)O)c2ccnc(Oc3ccc(CNc4ccccn4)cc3)n2)cc1.O=C(O)C(F)(F)F. The van der Waals surface area contributed by atoms with Gasteiger partial charge in [0.15, 0.2) is 0 Å². The van der Waals surface area contributed by atoms with Gasteiger partial charge in [0.25, 0.3) is 0 Å². The Morgan fingerprint density at radius 3 is 2.14 bits per heavy atom. The molecular formula is C29H25F3N4O7. The van der Waals surface area contributed by atoms with E-state index in [1.165, 1.54) is 13.3 Å². The minimum atomic E-state index is -5.08. The van der Waals surface area contributed by atoms with E-state index in [1.807, 2.05) is 42.5 Å². The first-order valence-corrected chi connectivity index (χ1v) is 12.4. The Bertz CT molecular complexity index is 1520. The average Bonchev–Trinajstić information content (AvgIpc) is 2.99. The second-order valence-electron chi connectivity index (χ2n) is 8.65. The van der Waals surface area contributed by atoms with Gasteiger partial charge in [-0.1, -0.05) is 30.3 Å². The molecule has 1 atom stereocenters. The molecule has 0 saturated carbocycles. The third-order valence-electron chi connectivity index (χ3n) is 5.64. The molecule has 2 heterocycles. The summed E-state index contributed by atoms with van der Waals surface area (Å²) >= 11 is 0. The number of aliphatic carboxylic acids is 2. The van der Waals surface area contributed by atoms with Crippen LogP contribution in [-0.2, 0) is 20.9 Å². The third kappa shape index (κ3) is 10.1. The fourth-order valence-corrected chi connectivity index (χ4v) is 3.58. The highest BCUT2D eigenvalue weighted by molar-refractivity contribution is 5.89. The first-order valence-electron chi connectivity index (χ1n) is 12.4. The molecule has 0 aliphatic heterocycles. The van der Waals surface area contributed by atoms with Gasteiger partial charge in [0.1, 0.15) is 11.6 Å². The number of pyridine rings is 1. The molecular weight excluding hydrogens is 573 g/mol. The van der Waals surface area contributed by atoms with Gasteiger partial charge in [0.2, 0.25) is 0 Å². The zero-order chi connectivity index (χ0) is 31.4. The lowest BCUT2D eigenvalue weighted by Crippen LogP contribution is -2.21. The van der Waals surface area contributed by atoms with Crippen LogP contribution in [0, 0.1) is 0 Å². The number of carbonyl (C=O) groups is 3. The molecule has 2 aromatic carbocycles. The summed E-state index contributed by atoms with van der Waals surface area (Å²) in [5, 5.41) is 19.8. The van der Waals surface area contributed by atoms with Crippen LogP contribution in [0.4, 0.5) is 19.0 Å². The van der Waals surface area contributed by atoms with E-state index in [2.05, 4.69) is 20.3 Å². The minimum Gasteiger partial charge on any atom is -0.481 e. The van der Waals surface area contributed by atoms with E-state index in [9.17, 15) is 27.9 Å². The number of hydrogen-bond donors (Lipinski definition) is 3. The molecule has 4 aromatic rings. The topological polar surface area (TPSA) is 161 Å². The monoisotopic (exact) mass is 598 g/mol. The largest absolute Gasteiger partial charge is 0.490 e. The molecule has 0 saturated heterocycles. The van der Waals surface area contributed by atoms with Gasteiger partial charge in [-0.2, -0.15) is 18.2 Å². The molecule has 0 aliphatic carbocycles. The number of aromatic nitrogens is 3. The predicted molar refractivity (Wildman–Crippen MR) is 146 cm³/mol. The van der Waals surface area contributed by atoms with Crippen LogP contribution >= 0.6 is 0 Å². The van der Waals surface area contributed by atoms with E-state index in [-0.39, 0.29) is 12.4 Å². The van der Waals surface area contributed by atoms with Crippen molar-refractivity contribution >= 4 is 23.7 Å². The maximum absolute atomic E-state index is 11.7. The second-order valence-corrected chi connectivity index (χ2v) is 8.65. The predicted octanol–water partition coefficient (Wildman–Crippen LogP) is 5.30. The van der Waals surface area contributed by atoms with Crippen LogP contribution in [0.5, 0.6) is 11.8 Å². The highest BCUT2D eigenvalue weighted by Gasteiger charge is 2.38. The fraction of sp³-hybridized carbons (Fsp3) is 0.172. The summed E-state index contributed by atoms with van der Waals surface area (Å²) in [7, 11) is 1.30. The van der Waals surface area contributed by atoms with Crippen molar-refractivity contribution in [3.05, 3.63) is 108 Å². The highest BCUT2D eigenvalue weighted by atomic mass is 19.4. The number of alkyl halides is 3. The number of nitrogens with one attached hydrogen (secondary N) is 1. The number of carboxylic acid groups (broad SMARTS) is 2. The Morgan fingerprint density at radius 2 is 1.58 bits per heavy atom. The Hall–Kier alpha value is -5.53. The van der Waals surface area contributed by atoms with Crippen LogP contribution in [0.15, 0.2) is 85.2 Å². The molecule has 2 aromatic heterocycles. The van der Waals surface area contributed by atoms with Crippen molar-refractivity contribution in [3.63, 3.8) is 0 Å². The standard InChI is InChI=1S/C27H24N4O5.C2HF3O2/c1-35-26(34)20-9-7-19(8-10-20)22(16-25(32)33)23-13-15-29-27(31-23)36-21-11-5-18(6-12-21)17-30-24-4-2-3-14-28-24;3-2(4,5)1(6)7/h2-15,22H,16-17H2,1H3,(H,28,30)(H,32,33);(H,6,7). The molecule has 0 radical (unpaired) electrons. The lowest BCUT2D eigenvalue weighted by atomic mass is 9.91. The molecule has 4 rings (SSSR count). The quantitative estimate of drug-likeness (QED) is 0.203. The van der Waals surface area contributed by atoms with Crippen molar-refractivity contribution in [1.29, 1.82) is 0 Å². The summed E-state index contributed by atoms with van der Waals surface area (Å²) in [5.74, 6) is -3.42. The molecule has 43 heavy (non-hydrogen) atoms. The molecule has 1 unspecified atom stereocenters. The van der Waals surface area contributed by atoms with E-state index >= 15 is 0 Å². The fourth-order valence-electron chi connectivity index (χ4n) is 3.58. The van der Waals surface area contributed by atoms with E-state index < -0.39 is 30.0 Å². The maximum atomic E-state index is 11.7. The third-order valence-corrected chi connectivity index (χ3v) is 5.64. The van der Waals surface area contributed by atoms with Gasteiger partial charge in [0.05, 0.1) is 24.8 Å². The van der Waals surface area contributed by atoms with Crippen LogP contribution in [0.2, 0.25) is 0 Å². The number of ether oxygens (including phenoxy) is 2. The maximum Gasteiger partial charge on any atom is 0.490 e. The number of rotatable bonds is 10. The number of carbonyl (C=O) groups excluding carboxylic acids is 1. The Kier molecular flexibility index (Phi) is 11.1. The molecule has 14 heteroatoms. The summed E-state index contributed by atoms with van der Waals surface area (Å²) < 4.78 is 42.3. The van der Waals surface area contributed by atoms with Gasteiger partial charge < -0.3 is 25.0 Å². The smallest absolute Gasteiger partial charge is 0.481 e. The molecule has 0 amide bonds. The lowest BCUT2D eigenvalue weighted by molar-refractivity contribution is -0.192. The van der Waals surface area contributed by atoms with Gasteiger partial charge in [-0.15, -0.1) is 0 Å². The first kappa shape index (κ1) is 32.0. The zero-order valence-corrected chi connectivity index (χ0v) is 22.5. The summed E-state index contributed by atoms with van der Waals surface area (Å²) in [4.78, 5) is 45.1. The van der Waals surface area contributed by atoms with Crippen LogP contribution in [-0.4, -0.2) is 56.4 Å². The van der Waals surface area contributed by atoms with Crippen LogP contribution < -0.4 is 10.1 Å². The summed E-state index contributed by atoms with van der Waals surface area (Å²) in [6.45, 7) is 0.606. The number of esters is 1. The van der Waals surface area contributed by atoms with Crippen molar-refractivity contribution in [2.45, 2.75) is 25.1 Å². The van der Waals surface area contributed by atoms with Crippen LogP contribution in [0.3, 0.4) is 0 Å². The van der Waals surface area contributed by atoms with E-state index in [4.69, 9.17) is 19.4 Å². The summed E-state index contributed by atoms with van der Waals surface area (Å²) in [6, 6.07) is 21.5. The number of nitrogens with zero attached hydrogens (tertiary/aromatic N) is 3. The lowest BCUT2D eigenvalue weighted by Gasteiger charge is -2.16. The number of carboxylic acids is 2. The molecule has 0 aliphatic rings. The van der Waals surface area contributed by atoms with Gasteiger partial charge in [-0.05, 0) is 53.6 Å². The number of halogens is 3. The van der Waals surface area contributed by atoms with Crippen molar-refractivity contribution in [1.82, 2.24) is 15.0 Å². The summed E-state index contributed by atoms with van der Waals surface area (Å²) in [6.07, 6.45) is -2.02. The minimum absolute atomic E-state index is 0.105. The zero-order valence-electron chi connectivity index (χ0n) is 22.5. The van der Waals surface area contributed by atoms with Gasteiger partial charge in [-0.25, -0.2) is 19.6 Å². The number of hydrogen-bond acceptors (Lipinski definition) is 9. The van der Waals surface area contributed by atoms with Crippen molar-refractivity contribution in [2.75, 3.05) is 12.4 Å². The number of methoxy groups -OCH3 is 1. The molecule has 3 N–H and O–H groups in total. The molecule has 0 spiro atoms. The van der Waals surface area contributed by atoms with Crippen molar-refractivity contribution in [3.8, 4) is 11.8 Å². The van der Waals surface area contributed by atoms with E-state index in [0.29, 0.717) is 29.1 Å². The Morgan fingerprint density at radius 1 is 0.907 bits per heavy atom. The highest BCUT2D eigenvalue weighted by Crippen LogP contribution is 2.29. The Labute approximate surface area is 243 Å². The van der Waals surface area contributed by atoms with Gasteiger partial charge in [0, 0.05) is 24.9 Å². The number of benzene rings is 2. The van der Waals surface area contributed by atoms with E-state index in [0.717, 1.165) is 11.4 Å². The van der Waals surface area contributed by atoms with Crippen molar-refractivity contribution in [2.24, 2.45) is 0 Å².